The topological polar surface area (TPSA) is 56.3 Å². The highest BCUT2D eigenvalue weighted by Gasteiger charge is 2.05. The number of hydrogen-bond donors (Lipinski definition) is 1. The average Bonchev–Trinajstić information content (AvgIpc) is 2.84. The Morgan fingerprint density at radius 3 is 2.89 bits per heavy atom. The highest BCUT2D eigenvalue weighted by molar-refractivity contribution is 7.80. The molecule has 0 atom stereocenters. The Labute approximate surface area is 114 Å². The summed E-state index contributed by atoms with van der Waals surface area (Å²) in [7, 11) is 1.72. The summed E-state index contributed by atoms with van der Waals surface area (Å²) < 4.78 is 7.20. The molecule has 0 aromatic carbocycles. The third-order valence-electron chi connectivity index (χ3n) is 2.74. The minimum Gasteiger partial charge on any atom is -0.393 e. The maximum Gasteiger partial charge on any atom is 0.0945 e. The van der Waals surface area contributed by atoms with E-state index in [4.69, 9.17) is 22.7 Å². The fourth-order valence-corrected chi connectivity index (χ4v) is 1.81. The van der Waals surface area contributed by atoms with Crippen LogP contribution in [0.3, 0.4) is 0 Å². The number of ether oxygens (including phenoxy) is 1. The Hall–Kier alpha value is -0.980. The van der Waals surface area contributed by atoms with Crippen LogP contribution in [-0.2, 0) is 11.3 Å². The Kier molecular flexibility index (Phi) is 7.55. The van der Waals surface area contributed by atoms with Crippen LogP contribution in [0.2, 0.25) is 0 Å². The lowest BCUT2D eigenvalue weighted by Gasteiger charge is -2.21. The van der Waals surface area contributed by atoms with E-state index < -0.39 is 0 Å². The van der Waals surface area contributed by atoms with Crippen LogP contribution in [0.1, 0.15) is 12.8 Å². The molecular weight excluding hydrogens is 248 g/mol. The quantitative estimate of drug-likeness (QED) is 0.640. The normalized spacial score (nSPS) is 11.0. The molecule has 2 N–H and O–H groups in total. The van der Waals surface area contributed by atoms with Crippen molar-refractivity contribution in [3.05, 3.63) is 18.7 Å². The first-order valence-electron chi connectivity index (χ1n) is 6.17. The lowest BCUT2D eigenvalue weighted by molar-refractivity contribution is 0.147. The smallest absolute Gasteiger partial charge is 0.0945 e. The summed E-state index contributed by atoms with van der Waals surface area (Å²) >= 11 is 4.91. The van der Waals surface area contributed by atoms with Gasteiger partial charge in [-0.15, -0.1) is 0 Å². The molecule has 0 saturated heterocycles. The van der Waals surface area contributed by atoms with Gasteiger partial charge < -0.3 is 19.9 Å². The van der Waals surface area contributed by atoms with Crippen molar-refractivity contribution in [1.82, 2.24) is 14.5 Å². The number of methoxy groups -OCH3 is 1. The molecule has 1 heterocycles. The van der Waals surface area contributed by atoms with Gasteiger partial charge in [0.15, 0.2) is 0 Å². The zero-order chi connectivity index (χ0) is 13.2. The van der Waals surface area contributed by atoms with Crippen molar-refractivity contribution in [2.45, 2.75) is 19.4 Å². The highest BCUT2D eigenvalue weighted by atomic mass is 32.1. The lowest BCUT2D eigenvalue weighted by Crippen LogP contribution is -2.32. The number of aromatic nitrogens is 2. The van der Waals surface area contributed by atoms with Crippen molar-refractivity contribution < 1.29 is 4.74 Å². The molecule has 0 fully saturated rings. The van der Waals surface area contributed by atoms with Crippen LogP contribution in [0.5, 0.6) is 0 Å². The van der Waals surface area contributed by atoms with Crippen LogP contribution < -0.4 is 5.73 Å². The molecule has 6 heteroatoms. The summed E-state index contributed by atoms with van der Waals surface area (Å²) in [5.41, 5.74) is 5.54. The van der Waals surface area contributed by atoms with Crippen molar-refractivity contribution in [3.63, 3.8) is 0 Å². The summed E-state index contributed by atoms with van der Waals surface area (Å²) in [6.45, 7) is 4.56. The first-order chi connectivity index (χ1) is 8.72. The van der Waals surface area contributed by atoms with E-state index in [1.54, 1.807) is 13.3 Å². The van der Waals surface area contributed by atoms with Crippen molar-refractivity contribution in [3.8, 4) is 0 Å². The van der Waals surface area contributed by atoms with Gasteiger partial charge in [-0.2, -0.15) is 0 Å². The van der Waals surface area contributed by atoms with Gasteiger partial charge in [-0.25, -0.2) is 4.98 Å². The second-order valence-electron chi connectivity index (χ2n) is 4.20. The predicted molar refractivity (Wildman–Crippen MR) is 76.6 cm³/mol. The van der Waals surface area contributed by atoms with Crippen LogP contribution in [-0.4, -0.2) is 52.8 Å². The van der Waals surface area contributed by atoms with Crippen LogP contribution >= 0.6 is 12.2 Å². The maximum absolute atomic E-state index is 5.54. The number of aryl methyl sites for hydroxylation is 1. The molecule has 5 nitrogen and oxygen atoms in total. The number of imidazole rings is 1. The Morgan fingerprint density at radius 1 is 1.44 bits per heavy atom. The molecule has 0 spiro atoms. The second-order valence-corrected chi connectivity index (χ2v) is 4.73. The molecule has 0 aliphatic carbocycles. The molecule has 18 heavy (non-hydrogen) atoms. The van der Waals surface area contributed by atoms with Crippen molar-refractivity contribution in [2.24, 2.45) is 5.73 Å². The molecule has 0 unspecified atom stereocenters. The molecule has 102 valence electrons. The van der Waals surface area contributed by atoms with Crippen LogP contribution in [0.25, 0.3) is 0 Å². The summed E-state index contributed by atoms with van der Waals surface area (Å²) in [4.78, 5) is 6.93. The second kappa shape index (κ2) is 9.02. The first-order valence-corrected chi connectivity index (χ1v) is 6.58. The molecular formula is C12H22N4OS. The molecule has 0 saturated carbocycles. The molecule has 1 rings (SSSR count). The van der Waals surface area contributed by atoms with E-state index in [9.17, 15) is 0 Å². The van der Waals surface area contributed by atoms with E-state index in [2.05, 4.69) is 14.5 Å². The van der Waals surface area contributed by atoms with Crippen LogP contribution in [0, 0.1) is 0 Å². The molecule has 1 aromatic rings. The Bertz CT molecular complexity index is 329. The van der Waals surface area contributed by atoms with Gasteiger partial charge in [0.2, 0.25) is 0 Å². The van der Waals surface area contributed by atoms with E-state index in [1.807, 2.05) is 12.5 Å². The van der Waals surface area contributed by atoms with Gasteiger partial charge in [0.1, 0.15) is 0 Å². The van der Waals surface area contributed by atoms with Crippen molar-refractivity contribution >= 4 is 17.2 Å². The monoisotopic (exact) mass is 270 g/mol. The first kappa shape index (κ1) is 15.1. The maximum atomic E-state index is 5.54. The summed E-state index contributed by atoms with van der Waals surface area (Å²) in [6.07, 6.45) is 7.47. The zero-order valence-electron chi connectivity index (χ0n) is 10.9. The van der Waals surface area contributed by atoms with E-state index in [-0.39, 0.29) is 0 Å². The third-order valence-corrected chi connectivity index (χ3v) is 2.94. The summed E-state index contributed by atoms with van der Waals surface area (Å²) in [5, 5.41) is 0. The highest BCUT2D eigenvalue weighted by Crippen LogP contribution is 1.98. The van der Waals surface area contributed by atoms with Gasteiger partial charge in [-0.1, -0.05) is 12.2 Å². The molecule has 0 radical (unpaired) electrons. The van der Waals surface area contributed by atoms with Gasteiger partial charge in [0, 0.05) is 45.6 Å². The van der Waals surface area contributed by atoms with Crippen molar-refractivity contribution in [2.75, 3.05) is 33.4 Å². The van der Waals surface area contributed by atoms with Gasteiger partial charge in [-0.3, -0.25) is 0 Å². The van der Waals surface area contributed by atoms with Gasteiger partial charge in [0.05, 0.1) is 17.9 Å². The minimum atomic E-state index is 0.576. The summed E-state index contributed by atoms with van der Waals surface area (Å²) in [5.74, 6) is 0. The number of nitrogens with zero attached hydrogens (tertiary/aromatic N) is 3. The zero-order valence-corrected chi connectivity index (χ0v) is 11.7. The van der Waals surface area contributed by atoms with Gasteiger partial charge in [-0.05, 0) is 13.0 Å². The Balaban J connectivity index is 2.23. The molecule has 0 bridgehead atoms. The standard InChI is InChI=1S/C12H22N4OS/c1-17-10-9-15(7-3-12(13)18)5-2-6-16-8-4-14-11-16/h4,8,11H,2-3,5-7,9-10H2,1H3,(H2,13,18). The van der Waals surface area contributed by atoms with Crippen LogP contribution in [0.15, 0.2) is 18.7 Å². The molecule has 0 amide bonds. The van der Waals surface area contributed by atoms with Crippen molar-refractivity contribution in [1.29, 1.82) is 0 Å². The van der Waals surface area contributed by atoms with E-state index in [1.165, 1.54) is 0 Å². The van der Waals surface area contributed by atoms with E-state index in [0.717, 1.165) is 45.6 Å². The lowest BCUT2D eigenvalue weighted by atomic mass is 10.3. The predicted octanol–water partition coefficient (Wildman–Crippen LogP) is 0.898. The summed E-state index contributed by atoms with van der Waals surface area (Å²) in [6, 6.07) is 0. The third kappa shape index (κ3) is 6.68. The van der Waals surface area contributed by atoms with E-state index >= 15 is 0 Å². The Morgan fingerprint density at radius 2 is 2.28 bits per heavy atom. The molecule has 1 aromatic heterocycles. The fourth-order valence-electron chi connectivity index (χ4n) is 1.72. The minimum absolute atomic E-state index is 0.576. The average molecular weight is 270 g/mol. The molecule has 0 aliphatic heterocycles. The van der Waals surface area contributed by atoms with Crippen LogP contribution in [0.4, 0.5) is 0 Å². The van der Waals surface area contributed by atoms with E-state index in [0.29, 0.717) is 4.99 Å². The largest absolute Gasteiger partial charge is 0.393 e. The number of thiocarbonyl (C=S) groups is 1. The number of rotatable bonds is 10. The van der Waals surface area contributed by atoms with Gasteiger partial charge >= 0.3 is 0 Å². The van der Waals surface area contributed by atoms with Gasteiger partial charge in [0.25, 0.3) is 0 Å². The molecule has 0 aliphatic rings. The SMILES string of the molecule is COCCN(CCCn1ccnc1)CCC(N)=S. The number of hydrogen-bond acceptors (Lipinski definition) is 4. The number of nitrogens with two attached hydrogens (primary N) is 1. The fraction of sp³-hybridized carbons (Fsp3) is 0.667.